The Morgan fingerprint density at radius 1 is 1.39 bits per heavy atom. The summed E-state index contributed by atoms with van der Waals surface area (Å²) >= 11 is 0. The molecule has 4 nitrogen and oxygen atoms in total. The zero-order valence-electron chi connectivity index (χ0n) is 10.5. The van der Waals surface area contributed by atoms with Crippen molar-refractivity contribution in [2.45, 2.75) is 13.5 Å². The van der Waals surface area contributed by atoms with Gasteiger partial charge in [-0.3, -0.25) is 4.79 Å². The van der Waals surface area contributed by atoms with Crippen LogP contribution in [0.3, 0.4) is 0 Å². The van der Waals surface area contributed by atoms with Gasteiger partial charge in [0, 0.05) is 30.4 Å². The largest absolute Gasteiger partial charge is 0.472 e. The molecule has 0 spiro atoms. The van der Waals surface area contributed by atoms with Crippen LogP contribution in [0.4, 0.5) is 5.69 Å². The molecule has 0 aliphatic heterocycles. The average Bonchev–Trinajstić information content (AvgIpc) is 2.79. The Hall–Kier alpha value is -2.23. The molecule has 0 atom stereocenters. The summed E-state index contributed by atoms with van der Waals surface area (Å²) in [4.78, 5) is 13.9. The van der Waals surface area contributed by atoms with Crippen LogP contribution in [-0.2, 0) is 6.54 Å². The molecule has 0 fully saturated rings. The quantitative estimate of drug-likeness (QED) is 0.844. The first kappa shape index (κ1) is 12.2. The molecule has 2 rings (SSSR count). The van der Waals surface area contributed by atoms with Crippen LogP contribution in [0.15, 0.2) is 41.2 Å². The number of benzene rings is 1. The van der Waals surface area contributed by atoms with Gasteiger partial charge in [-0.25, -0.2) is 0 Å². The number of anilines is 1. The summed E-state index contributed by atoms with van der Waals surface area (Å²) in [5.41, 5.74) is 8.91. The third kappa shape index (κ3) is 2.71. The normalized spacial score (nSPS) is 10.3. The zero-order chi connectivity index (χ0) is 13.1. The predicted octanol–water partition coefficient (Wildman–Crippen LogP) is 2.44. The second-order valence-corrected chi connectivity index (χ2v) is 4.43. The fourth-order valence-electron chi connectivity index (χ4n) is 1.88. The number of nitrogens with zero attached hydrogens (tertiary/aromatic N) is 1. The van der Waals surface area contributed by atoms with Gasteiger partial charge in [0.1, 0.15) is 0 Å². The fraction of sp³-hybridized carbons (Fsp3) is 0.214. The number of hydrogen-bond acceptors (Lipinski definition) is 3. The molecule has 1 aromatic heterocycles. The lowest BCUT2D eigenvalue weighted by atomic mass is 10.1. The van der Waals surface area contributed by atoms with Crippen LogP contribution in [0.2, 0.25) is 0 Å². The smallest absolute Gasteiger partial charge is 0.253 e. The third-order valence-corrected chi connectivity index (χ3v) is 2.69. The van der Waals surface area contributed by atoms with Crippen LogP contribution in [0.1, 0.15) is 21.5 Å². The minimum Gasteiger partial charge on any atom is -0.472 e. The van der Waals surface area contributed by atoms with Crippen molar-refractivity contribution >= 4 is 11.6 Å². The third-order valence-electron chi connectivity index (χ3n) is 2.69. The van der Waals surface area contributed by atoms with Crippen LogP contribution < -0.4 is 5.73 Å². The second-order valence-electron chi connectivity index (χ2n) is 4.43. The Kier molecular flexibility index (Phi) is 3.37. The van der Waals surface area contributed by atoms with E-state index in [1.807, 2.05) is 25.1 Å². The van der Waals surface area contributed by atoms with Crippen molar-refractivity contribution in [2.24, 2.45) is 0 Å². The molecule has 1 heterocycles. The molecule has 1 amide bonds. The van der Waals surface area contributed by atoms with Gasteiger partial charge >= 0.3 is 0 Å². The molecule has 0 aliphatic rings. The lowest BCUT2D eigenvalue weighted by Crippen LogP contribution is -2.26. The van der Waals surface area contributed by atoms with E-state index in [2.05, 4.69) is 0 Å². The van der Waals surface area contributed by atoms with Crippen molar-refractivity contribution in [1.29, 1.82) is 0 Å². The summed E-state index contributed by atoms with van der Waals surface area (Å²) in [5, 5.41) is 0. The fourth-order valence-corrected chi connectivity index (χ4v) is 1.88. The monoisotopic (exact) mass is 244 g/mol. The van der Waals surface area contributed by atoms with Crippen LogP contribution in [0.5, 0.6) is 0 Å². The number of nitrogens with two attached hydrogens (primary N) is 1. The van der Waals surface area contributed by atoms with Crippen LogP contribution in [0, 0.1) is 6.92 Å². The van der Waals surface area contributed by atoms with E-state index in [0.29, 0.717) is 17.8 Å². The van der Waals surface area contributed by atoms with Crippen molar-refractivity contribution in [3.63, 3.8) is 0 Å². The first-order valence-corrected chi connectivity index (χ1v) is 5.70. The molecule has 0 saturated heterocycles. The van der Waals surface area contributed by atoms with Crippen molar-refractivity contribution in [1.82, 2.24) is 4.90 Å². The first-order valence-electron chi connectivity index (χ1n) is 5.70. The highest BCUT2D eigenvalue weighted by Crippen LogP contribution is 2.14. The van der Waals surface area contributed by atoms with Crippen molar-refractivity contribution in [2.75, 3.05) is 12.8 Å². The number of amides is 1. The maximum Gasteiger partial charge on any atom is 0.253 e. The molecule has 18 heavy (non-hydrogen) atoms. The van der Waals surface area contributed by atoms with Gasteiger partial charge in [0.2, 0.25) is 0 Å². The van der Waals surface area contributed by atoms with E-state index in [4.69, 9.17) is 10.2 Å². The molecule has 94 valence electrons. The molecule has 0 unspecified atom stereocenters. The molecule has 0 radical (unpaired) electrons. The van der Waals surface area contributed by atoms with Crippen LogP contribution >= 0.6 is 0 Å². The summed E-state index contributed by atoms with van der Waals surface area (Å²) in [6.07, 6.45) is 3.23. The van der Waals surface area contributed by atoms with Crippen LogP contribution in [0.25, 0.3) is 0 Å². The minimum atomic E-state index is -0.0494. The minimum absolute atomic E-state index is 0.0494. The van der Waals surface area contributed by atoms with E-state index in [1.54, 1.807) is 30.5 Å². The summed E-state index contributed by atoms with van der Waals surface area (Å²) in [6, 6.07) is 7.22. The highest BCUT2D eigenvalue weighted by atomic mass is 16.3. The number of carbonyl (C=O) groups is 1. The maximum atomic E-state index is 12.2. The van der Waals surface area contributed by atoms with Gasteiger partial charge in [-0.1, -0.05) is 0 Å². The first-order chi connectivity index (χ1) is 8.56. The Morgan fingerprint density at radius 2 is 2.17 bits per heavy atom. The molecular weight excluding hydrogens is 228 g/mol. The number of aryl methyl sites for hydroxylation is 1. The van der Waals surface area contributed by atoms with Gasteiger partial charge in [0.05, 0.1) is 12.5 Å². The van der Waals surface area contributed by atoms with Crippen molar-refractivity contribution in [3.05, 3.63) is 53.5 Å². The molecule has 2 N–H and O–H groups in total. The van der Waals surface area contributed by atoms with Gasteiger partial charge in [0.15, 0.2) is 0 Å². The molecule has 0 saturated carbocycles. The van der Waals surface area contributed by atoms with Gasteiger partial charge in [-0.2, -0.15) is 0 Å². The summed E-state index contributed by atoms with van der Waals surface area (Å²) in [7, 11) is 1.76. The van der Waals surface area contributed by atoms with E-state index in [-0.39, 0.29) is 5.91 Å². The lowest BCUT2D eigenvalue weighted by molar-refractivity contribution is 0.0785. The van der Waals surface area contributed by atoms with Crippen molar-refractivity contribution < 1.29 is 9.21 Å². The van der Waals surface area contributed by atoms with Gasteiger partial charge in [-0.05, 0) is 36.8 Å². The average molecular weight is 244 g/mol. The van der Waals surface area contributed by atoms with E-state index >= 15 is 0 Å². The number of rotatable bonds is 3. The molecule has 0 bridgehead atoms. The van der Waals surface area contributed by atoms with Gasteiger partial charge < -0.3 is 15.1 Å². The maximum absolute atomic E-state index is 12.2. The van der Waals surface area contributed by atoms with E-state index < -0.39 is 0 Å². The zero-order valence-corrected chi connectivity index (χ0v) is 10.5. The molecule has 0 aliphatic carbocycles. The van der Waals surface area contributed by atoms with Crippen molar-refractivity contribution in [3.8, 4) is 0 Å². The Morgan fingerprint density at radius 3 is 2.78 bits per heavy atom. The lowest BCUT2D eigenvalue weighted by Gasteiger charge is -2.16. The van der Waals surface area contributed by atoms with E-state index in [0.717, 1.165) is 11.1 Å². The van der Waals surface area contributed by atoms with Gasteiger partial charge in [0.25, 0.3) is 5.91 Å². The molecular formula is C14H16N2O2. The molecule has 2 aromatic rings. The number of carbonyl (C=O) groups excluding carboxylic acids is 1. The van der Waals surface area contributed by atoms with E-state index in [9.17, 15) is 4.79 Å². The summed E-state index contributed by atoms with van der Waals surface area (Å²) in [6.45, 7) is 2.44. The van der Waals surface area contributed by atoms with Gasteiger partial charge in [-0.15, -0.1) is 0 Å². The number of nitrogen functional groups attached to an aromatic ring is 1. The SMILES string of the molecule is Cc1cc(N)cc(C(=O)N(C)Cc2ccoc2)c1. The summed E-state index contributed by atoms with van der Waals surface area (Å²) in [5.74, 6) is -0.0494. The highest BCUT2D eigenvalue weighted by Gasteiger charge is 2.13. The number of hydrogen-bond donors (Lipinski definition) is 1. The predicted molar refractivity (Wildman–Crippen MR) is 70.1 cm³/mol. The molecule has 4 heteroatoms. The number of furan rings is 1. The Balaban J connectivity index is 2.15. The second kappa shape index (κ2) is 4.96. The Labute approximate surface area is 106 Å². The van der Waals surface area contributed by atoms with Crippen LogP contribution in [-0.4, -0.2) is 17.9 Å². The van der Waals surface area contributed by atoms with E-state index in [1.165, 1.54) is 0 Å². The Bertz CT molecular complexity index is 527. The standard InChI is InChI=1S/C14H16N2O2/c1-10-5-12(7-13(15)6-10)14(17)16(2)8-11-3-4-18-9-11/h3-7,9H,8,15H2,1-2H3. The molecule has 1 aromatic carbocycles. The summed E-state index contributed by atoms with van der Waals surface area (Å²) < 4.78 is 4.98. The highest BCUT2D eigenvalue weighted by molar-refractivity contribution is 5.95. The topological polar surface area (TPSA) is 59.5 Å².